The number of hydrogen-bond donors (Lipinski definition) is 0. The molecular weight excluding hydrogens is 1680 g/mol. The Morgan fingerprint density at radius 3 is 1.16 bits per heavy atom. The van der Waals surface area contributed by atoms with Crippen molar-refractivity contribution in [3.05, 3.63) is 405 Å². The summed E-state index contributed by atoms with van der Waals surface area (Å²) < 4.78 is 23.2. The van der Waals surface area contributed by atoms with Crippen LogP contribution in [-0.4, -0.2) is 43.6 Å². The normalized spacial score (nSPS) is 12.6. The van der Waals surface area contributed by atoms with E-state index in [4.69, 9.17) is 34.3 Å². The van der Waals surface area contributed by atoms with E-state index in [0.29, 0.717) is 5.95 Å². The highest BCUT2D eigenvalue weighted by Crippen LogP contribution is 2.55. The van der Waals surface area contributed by atoms with Crippen molar-refractivity contribution in [1.29, 1.82) is 0 Å². The summed E-state index contributed by atoms with van der Waals surface area (Å²) in [5.41, 5.74) is 27.5. The topological polar surface area (TPSA) is 105 Å². The van der Waals surface area contributed by atoms with E-state index in [-0.39, 0.29) is 5.41 Å². The Kier molecular flexibility index (Phi) is 17.0. The molecule has 0 spiro atoms. The zero-order valence-corrected chi connectivity index (χ0v) is 73.9. The highest BCUT2D eigenvalue weighted by atomic mass is 32.1. The fraction of sp³-hybridized carbons (Fsp3) is 0.0256. The number of rotatable bonds is 8. The van der Waals surface area contributed by atoms with Gasteiger partial charge in [-0.1, -0.05) is 287 Å². The molecule has 0 radical (unpaired) electrons. The minimum atomic E-state index is -0.121. The number of thiophene rings is 4. The van der Waals surface area contributed by atoms with Crippen molar-refractivity contribution in [2.45, 2.75) is 19.3 Å². The molecule has 0 saturated carbocycles. The molecule has 0 saturated heterocycles. The maximum absolute atomic E-state index is 6.48. The average Bonchev–Trinajstić information content (AvgIpc) is 1.51. The second-order valence-electron chi connectivity index (χ2n) is 34.2. The second kappa shape index (κ2) is 29.6. The smallest absolute Gasteiger partial charge is 0.235 e. The van der Waals surface area contributed by atoms with Gasteiger partial charge in [-0.25, -0.2) is 29.9 Å². The van der Waals surface area contributed by atoms with Gasteiger partial charge in [-0.3, -0.25) is 4.57 Å². The monoisotopic (exact) mass is 1750 g/mol. The number of nitrogens with zero attached hydrogens (tertiary/aromatic N) is 9. The van der Waals surface area contributed by atoms with E-state index in [9.17, 15) is 0 Å². The van der Waals surface area contributed by atoms with Gasteiger partial charge in [-0.05, 0) is 144 Å². The number of benzene rings is 17. The summed E-state index contributed by atoms with van der Waals surface area (Å²) in [6.07, 6.45) is 0. The molecule has 0 bridgehead atoms. The summed E-state index contributed by atoms with van der Waals surface area (Å²) in [6, 6.07) is 140. The first-order valence-corrected chi connectivity index (χ1v) is 47.3. The molecule has 14 heteroatoms. The van der Waals surface area contributed by atoms with Gasteiger partial charge in [0.1, 0.15) is 11.2 Å². The first kappa shape index (κ1) is 75.2. The third kappa shape index (κ3) is 11.7. The standard InChI is InChI=1S/C40H23N3OS.C40H23N3S2.C37H25N3S/c2*1-2-10-24(11-3-1)36-39-37(30-14-6-9-17-34(30)45-39)42-40(41-36)25-18-20-26(21-19-25)43-31-15-7-4-13-29(31)35-32(43)23-22-28-27-12-5-8-16-33(27)44-38(28)35;1-37(2)27-17-9-6-14-23(27)24-20-21-29-31(32(24)37)25-15-7-10-18-28(25)40(29)36-38-33(22-12-4-3-5-13-22)35-34(39-36)26-16-8-11-19-30(26)41-35/h2*1-23H;3-21H,1-2H3. The molecule has 0 atom stereocenters. The van der Waals surface area contributed by atoms with Crippen molar-refractivity contribution in [3.63, 3.8) is 0 Å². The van der Waals surface area contributed by atoms with Crippen LogP contribution < -0.4 is 0 Å². The van der Waals surface area contributed by atoms with Crippen molar-refractivity contribution >= 4 is 214 Å². The lowest BCUT2D eigenvalue weighted by Gasteiger charge is -2.22. The summed E-state index contributed by atoms with van der Waals surface area (Å²) in [6.45, 7) is 4.72. The van der Waals surface area contributed by atoms with Crippen LogP contribution >= 0.6 is 45.3 Å². The van der Waals surface area contributed by atoms with Crippen LogP contribution in [-0.2, 0) is 5.41 Å². The zero-order chi connectivity index (χ0) is 86.3. The Balaban J connectivity index is 0.000000101. The Bertz CT molecular complexity index is 9210. The van der Waals surface area contributed by atoms with Gasteiger partial charge in [-0.2, -0.15) is 0 Å². The average molecular weight is 1750 g/mol. The van der Waals surface area contributed by atoms with Crippen molar-refractivity contribution in [1.82, 2.24) is 43.6 Å². The van der Waals surface area contributed by atoms with Crippen molar-refractivity contribution < 1.29 is 4.42 Å². The number of furan rings is 1. The molecule has 1 aliphatic rings. The lowest BCUT2D eigenvalue weighted by molar-refractivity contribution is 0.666. The van der Waals surface area contributed by atoms with Crippen LogP contribution in [0.2, 0.25) is 0 Å². The quantitative estimate of drug-likeness (QED) is 0.149. The van der Waals surface area contributed by atoms with Gasteiger partial charge >= 0.3 is 0 Å². The van der Waals surface area contributed by atoms with Gasteiger partial charge in [0.05, 0.1) is 86.2 Å². The summed E-state index contributed by atoms with van der Waals surface area (Å²) in [5.74, 6) is 2.17. The highest BCUT2D eigenvalue weighted by molar-refractivity contribution is 7.27. The number of aromatic nitrogens is 9. The van der Waals surface area contributed by atoms with Gasteiger partial charge in [0, 0.05) is 133 Å². The molecule has 614 valence electrons. The molecule has 28 aromatic rings. The molecule has 29 rings (SSSR count). The van der Waals surface area contributed by atoms with Crippen molar-refractivity contribution in [3.8, 4) is 85.0 Å². The van der Waals surface area contributed by atoms with Crippen LogP contribution in [0.4, 0.5) is 0 Å². The first-order valence-electron chi connectivity index (χ1n) is 44.0. The van der Waals surface area contributed by atoms with Gasteiger partial charge in [-0.15, -0.1) is 45.3 Å². The molecule has 131 heavy (non-hydrogen) atoms. The fourth-order valence-corrected chi connectivity index (χ4v) is 25.3. The van der Waals surface area contributed by atoms with Crippen LogP contribution in [0, 0.1) is 0 Å². The summed E-state index contributed by atoms with van der Waals surface area (Å²) in [5, 5.41) is 15.9. The predicted octanol–water partition coefficient (Wildman–Crippen LogP) is 32.7. The van der Waals surface area contributed by atoms with Crippen molar-refractivity contribution in [2.75, 3.05) is 0 Å². The maximum Gasteiger partial charge on any atom is 0.235 e. The van der Waals surface area contributed by atoms with Crippen LogP contribution in [0.15, 0.2) is 399 Å². The van der Waals surface area contributed by atoms with Gasteiger partial charge in [0.2, 0.25) is 5.95 Å². The molecule has 0 amide bonds. The van der Waals surface area contributed by atoms with Gasteiger partial charge in [0.25, 0.3) is 0 Å². The molecule has 17 aromatic carbocycles. The Hall–Kier alpha value is -15.9. The molecule has 1 aliphatic carbocycles. The Morgan fingerprint density at radius 2 is 0.626 bits per heavy atom. The Morgan fingerprint density at radius 1 is 0.244 bits per heavy atom. The Labute approximate surface area is 765 Å². The largest absolute Gasteiger partial charge is 0.455 e. The maximum atomic E-state index is 6.48. The number of fused-ring (bicyclic) bond motifs is 30. The molecule has 10 nitrogen and oxygen atoms in total. The summed E-state index contributed by atoms with van der Waals surface area (Å²) >= 11 is 7.18. The van der Waals surface area contributed by atoms with Gasteiger partial charge in [0.15, 0.2) is 11.6 Å². The van der Waals surface area contributed by atoms with E-state index in [1.165, 1.54) is 105 Å². The summed E-state index contributed by atoms with van der Waals surface area (Å²) in [4.78, 5) is 31.3. The third-order valence-corrected chi connectivity index (χ3v) is 31.2. The minimum Gasteiger partial charge on any atom is -0.455 e. The molecule has 11 heterocycles. The van der Waals surface area contributed by atoms with E-state index in [0.717, 1.165) is 153 Å². The lowest BCUT2D eigenvalue weighted by atomic mass is 9.80. The molecule has 0 fully saturated rings. The minimum absolute atomic E-state index is 0.121. The first-order chi connectivity index (χ1) is 64.7. The van der Waals surface area contributed by atoms with E-state index in [1.807, 2.05) is 35.6 Å². The summed E-state index contributed by atoms with van der Waals surface area (Å²) in [7, 11) is 0. The van der Waals surface area contributed by atoms with Crippen molar-refractivity contribution in [2.24, 2.45) is 0 Å². The molecular formula is C117H71N9OS4. The van der Waals surface area contributed by atoms with Gasteiger partial charge < -0.3 is 13.6 Å². The second-order valence-corrected chi connectivity index (χ2v) is 38.4. The van der Waals surface area contributed by atoms with E-state index < -0.39 is 0 Å². The molecule has 0 unspecified atom stereocenters. The molecule has 0 N–H and O–H groups in total. The van der Waals surface area contributed by atoms with E-state index in [1.54, 1.807) is 34.0 Å². The SMILES string of the molecule is CC1(C)c2ccccc2-c2ccc3c(c21)c1ccccc1n3-c1nc(-c2ccccc2)c2sc3ccccc3c2n1.c1ccc(-c2nc(-c3ccc(-n4c5ccccc5c5c6oc7ccccc7c6ccc54)cc3)nc3c2sc2ccccc23)cc1.c1ccc(-c2nc(-c3ccc(-n4c5ccccc5c5c6sc7ccccc7c6ccc54)cc3)nc3c2sc2ccccc23)cc1. The zero-order valence-electron chi connectivity index (χ0n) is 70.6. The molecule has 11 aromatic heterocycles. The number of hydrogen-bond acceptors (Lipinski definition) is 11. The van der Waals surface area contributed by atoms with Crippen LogP contribution in [0.1, 0.15) is 25.0 Å². The van der Waals surface area contributed by atoms with Crippen LogP contribution in [0.3, 0.4) is 0 Å². The molecule has 0 aliphatic heterocycles. The fourth-order valence-electron chi connectivity index (χ4n) is 20.6. The third-order valence-electron chi connectivity index (χ3n) is 26.5. The highest BCUT2D eigenvalue weighted by Gasteiger charge is 2.39. The van der Waals surface area contributed by atoms with E-state index >= 15 is 0 Å². The van der Waals surface area contributed by atoms with E-state index in [2.05, 4.69) is 398 Å². The van der Waals surface area contributed by atoms with Crippen LogP contribution in [0.25, 0.3) is 253 Å². The number of para-hydroxylation sites is 4. The predicted molar refractivity (Wildman–Crippen MR) is 553 cm³/mol. The lowest BCUT2D eigenvalue weighted by Crippen LogP contribution is -2.15. The van der Waals surface area contributed by atoms with Crippen LogP contribution in [0.5, 0.6) is 0 Å².